The van der Waals surface area contributed by atoms with Gasteiger partial charge in [-0.15, -0.1) is 0 Å². The van der Waals surface area contributed by atoms with Crippen LogP contribution in [0.15, 0.2) is 36.4 Å². The third kappa shape index (κ3) is 6.38. The minimum absolute atomic E-state index is 0.133. The van der Waals surface area contributed by atoms with Gasteiger partial charge in [0.2, 0.25) is 0 Å². The predicted octanol–water partition coefficient (Wildman–Crippen LogP) is 4.38. The zero-order chi connectivity index (χ0) is 21.1. The number of rotatable bonds is 6. The minimum Gasteiger partial charge on any atom is -0.449 e. The number of hydrogen-bond acceptors (Lipinski definition) is 5. The highest BCUT2D eigenvalue weighted by atomic mass is 35.5. The first-order valence-electron chi connectivity index (χ1n) is 7.89. The highest BCUT2D eigenvalue weighted by Gasteiger charge is 2.21. The van der Waals surface area contributed by atoms with Crippen LogP contribution in [0.2, 0.25) is 15.1 Å². The molecule has 0 saturated carbocycles. The van der Waals surface area contributed by atoms with Crippen LogP contribution in [-0.4, -0.2) is 32.7 Å². The van der Waals surface area contributed by atoms with E-state index >= 15 is 0 Å². The van der Waals surface area contributed by atoms with E-state index in [1.807, 2.05) is 0 Å². The summed E-state index contributed by atoms with van der Waals surface area (Å²) in [6.45, 7) is 1.39. The largest absolute Gasteiger partial charge is 0.449 e. The lowest BCUT2D eigenvalue weighted by Gasteiger charge is -2.15. The number of ether oxygens (including phenoxy) is 1. The van der Waals surface area contributed by atoms with E-state index in [1.165, 1.54) is 37.3 Å². The van der Waals surface area contributed by atoms with E-state index < -0.39 is 27.8 Å². The van der Waals surface area contributed by atoms with E-state index in [4.69, 9.17) is 39.5 Å². The van der Waals surface area contributed by atoms with Crippen molar-refractivity contribution < 1.29 is 22.7 Å². The molecular formula is C18H16Cl3NO5S. The fourth-order valence-corrected chi connectivity index (χ4v) is 3.60. The number of halogens is 3. The van der Waals surface area contributed by atoms with Crippen molar-refractivity contribution in [3.63, 3.8) is 0 Å². The molecule has 2 aromatic rings. The Bertz CT molecular complexity index is 1020. The first kappa shape index (κ1) is 22.5. The molecule has 0 bridgehead atoms. The summed E-state index contributed by atoms with van der Waals surface area (Å²) in [4.78, 5) is 24.6. The molecule has 2 aromatic carbocycles. The summed E-state index contributed by atoms with van der Waals surface area (Å²) < 4.78 is 27.9. The van der Waals surface area contributed by atoms with Crippen LogP contribution in [0.3, 0.4) is 0 Å². The molecule has 0 aliphatic heterocycles. The number of anilines is 1. The molecule has 0 aliphatic rings. The standard InChI is InChI=1S/C18H16Cl3NO5S/c1-10(17(23)22-16-8-14(20)13(19)7-15(16)21)27-18(24)12-5-3-4-11(6-12)9-28(2,25)26/h3-8,10H,9H2,1-2H3,(H,22,23). The smallest absolute Gasteiger partial charge is 0.338 e. The van der Waals surface area contributed by atoms with Crippen LogP contribution in [0.5, 0.6) is 0 Å². The number of hydrogen-bond donors (Lipinski definition) is 1. The fourth-order valence-electron chi connectivity index (χ4n) is 2.23. The van der Waals surface area contributed by atoms with Crippen molar-refractivity contribution in [2.45, 2.75) is 18.8 Å². The van der Waals surface area contributed by atoms with Crippen LogP contribution < -0.4 is 5.32 Å². The maximum Gasteiger partial charge on any atom is 0.338 e. The number of carbonyl (C=O) groups excluding carboxylic acids is 2. The van der Waals surface area contributed by atoms with Gasteiger partial charge in [-0.25, -0.2) is 13.2 Å². The van der Waals surface area contributed by atoms with Crippen LogP contribution >= 0.6 is 34.8 Å². The van der Waals surface area contributed by atoms with E-state index in [0.717, 1.165) is 6.26 Å². The first-order valence-corrected chi connectivity index (χ1v) is 11.1. The van der Waals surface area contributed by atoms with Gasteiger partial charge in [-0.2, -0.15) is 0 Å². The van der Waals surface area contributed by atoms with Gasteiger partial charge in [0.1, 0.15) is 0 Å². The molecule has 1 N–H and O–H groups in total. The van der Waals surface area contributed by atoms with Gasteiger partial charge in [0.05, 0.1) is 32.1 Å². The number of sulfone groups is 1. The Morgan fingerprint density at radius 1 is 1.07 bits per heavy atom. The van der Waals surface area contributed by atoms with Crippen molar-refractivity contribution in [2.75, 3.05) is 11.6 Å². The van der Waals surface area contributed by atoms with Gasteiger partial charge in [-0.3, -0.25) is 4.79 Å². The third-order valence-corrected chi connectivity index (χ3v) is 5.40. The van der Waals surface area contributed by atoms with Crippen LogP contribution in [0.4, 0.5) is 5.69 Å². The quantitative estimate of drug-likeness (QED) is 0.506. The average Bonchev–Trinajstić information content (AvgIpc) is 2.58. The zero-order valence-electron chi connectivity index (χ0n) is 14.8. The van der Waals surface area contributed by atoms with Gasteiger partial charge in [0, 0.05) is 6.26 Å². The van der Waals surface area contributed by atoms with E-state index in [-0.39, 0.29) is 32.1 Å². The molecule has 1 amide bonds. The molecule has 10 heteroatoms. The molecule has 0 fully saturated rings. The average molecular weight is 465 g/mol. The molecule has 1 atom stereocenters. The van der Waals surface area contributed by atoms with Gasteiger partial charge in [0.15, 0.2) is 15.9 Å². The maximum absolute atomic E-state index is 12.3. The van der Waals surface area contributed by atoms with Crippen molar-refractivity contribution in [3.8, 4) is 0 Å². The molecule has 28 heavy (non-hydrogen) atoms. The van der Waals surface area contributed by atoms with Crippen molar-refractivity contribution in [3.05, 3.63) is 62.6 Å². The highest BCUT2D eigenvalue weighted by molar-refractivity contribution is 7.89. The Morgan fingerprint density at radius 2 is 1.71 bits per heavy atom. The van der Waals surface area contributed by atoms with Gasteiger partial charge in [-0.05, 0) is 36.8 Å². The van der Waals surface area contributed by atoms with Crippen LogP contribution in [0, 0.1) is 0 Å². The summed E-state index contributed by atoms with van der Waals surface area (Å²) >= 11 is 17.7. The second-order valence-electron chi connectivity index (χ2n) is 6.05. The Balaban J connectivity index is 2.07. The molecule has 0 aliphatic carbocycles. The monoisotopic (exact) mass is 463 g/mol. The van der Waals surface area contributed by atoms with Crippen molar-refractivity contribution in [2.24, 2.45) is 0 Å². The number of benzene rings is 2. The molecule has 1 unspecified atom stereocenters. The molecular weight excluding hydrogens is 449 g/mol. The number of esters is 1. The highest BCUT2D eigenvalue weighted by Crippen LogP contribution is 2.32. The second-order valence-corrected chi connectivity index (χ2v) is 9.42. The summed E-state index contributed by atoms with van der Waals surface area (Å²) in [6, 6.07) is 8.76. The van der Waals surface area contributed by atoms with Gasteiger partial charge in [-0.1, -0.05) is 46.9 Å². The van der Waals surface area contributed by atoms with Gasteiger partial charge in [0.25, 0.3) is 5.91 Å². The van der Waals surface area contributed by atoms with Crippen LogP contribution in [-0.2, 0) is 25.1 Å². The van der Waals surface area contributed by atoms with Crippen molar-refractivity contribution in [1.29, 1.82) is 0 Å². The number of amides is 1. The van der Waals surface area contributed by atoms with E-state index in [0.29, 0.717) is 5.56 Å². The topological polar surface area (TPSA) is 89.5 Å². The summed E-state index contributed by atoms with van der Waals surface area (Å²) in [7, 11) is -3.25. The molecule has 6 nitrogen and oxygen atoms in total. The summed E-state index contributed by atoms with van der Waals surface area (Å²) in [5, 5.41) is 3.12. The summed E-state index contributed by atoms with van der Waals surface area (Å²) in [6.07, 6.45) is -0.0463. The normalized spacial score (nSPS) is 12.3. The van der Waals surface area contributed by atoms with Gasteiger partial charge < -0.3 is 10.1 Å². The Morgan fingerprint density at radius 3 is 2.36 bits per heavy atom. The lowest BCUT2D eigenvalue weighted by molar-refractivity contribution is -0.123. The Hall–Kier alpha value is -1.80. The molecule has 150 valence electrons. The van der Waals surface area contributed by atoms with E-state index in [2.05, 4.69) is 5.32 Å². The van der Waals surface area contributed by atoms with E-state index in [1.54, 1.807) is 6.07 Å². The Labute approximate surface area is 177 Å². The zero-order valence-corrected chi connectivity index (χ0v) is 17.9. The first-order chi connectivity index (χ1) is 13.0. The molecule has 0 saturated heterocycles. The third-order valence-electron chi connectivity index (χ3n) is 3.51. The molecule has 0 heterocycles. The van der Waals surface area contributed by atoms with Crippen LogP contribution in [0.1, 0.15) is 22.8 Å². The predicted molar refractivity (Wildman–Crippen MR) is 110 cm³/mol. The van der Waals surface area contributed by atoms with Crippen molar-refractivity contribution in [1.82, 2.24) is 0 Å². The minimum atomic E-state index is -3.25. The Kier molecular flexibility index (Phi) is 7.33. The SMILES string of the molecule is CC(OC(=O)c1cccc(CS(C)(=O)=O)c1)C(=O)Nc1cc(Cl)c(Cl)cc1Cl. The molecule has 2 rings (SSSR count). The summed E-state index contributed by atoms with van der Waals surface area (Å²) in [5.41, 5.74) is 0.795. The summed E-state index contributed by atoms with van der Waals surface area (Å²) in [5.74, 6) is -1.60. The maximum atomic E-state index is 12.3. The lowest BCUT2D eigenvalue weighted by atomic mass is 10.1. The molecule has 0 spiro atoms. The lowest BCUT2D eigenvalue weighted by Crippen LogP contribution is -2.30. The van der Waals surface area contributed by atoms with Crippen molar-refractivity contribution >= 4 is 62.2 Å². The molecule has 0 radical (unpaired) electrons. The second kappa shape index (κ2) is 9.13. The number of nitrogens with one attached hydrogen (secondary N) is 1. The number of carbonyl (C=O) groups is 2. The van der Waals surface area contributed by atoms with Crippen LogP contribution in [0.25, 0.3) is 0 Å². The molecule has 0 aromatic heterocycles. The van der Waals surface area contributed by atoms with Gasteiger partial charge >= 0.3 is 5.97 Å². The fraction of sp³-hybridized carbons (Fsp3) is 0.222. The van der Waals surface area contributed by atoms with E-state index in [9.17, 15) is 18.0 Å².